The van der Waals surface area contributed by atoms with Crippen LogP contribution in [0.3, 0.4) is 0 Å². The van der Waals surface area contributed by atoms with E-state index in [4.69, 9.17) is 0 Å². The number of imidazole rings is 1. The maximum Gasteiger partial charge on any atom is 0.343 e. The zero-order valence-corrected chi connectivity index (χ0v) is 7.10. The first kappa shape index (κ1) is 10.1. The third-order valence-corrected chi connectivity index (χ3v) is 1.65. The van der Waals surface area contributed by atoms with Crippen molar-refractivity contribution in [2.45, 2.75) is 12.5 Å². The molecule has 0 aliphatic rings. The van der Waals surface area contributed by atoms with Crippen LogP contribution in [0.2, 0.25) is 0 Å². The van der Waals surface area contributed by atoms with Gasteiger partial charge in [0, 0.05) is 0 Å². The van der Waals surface area contributed by atoms with Crippen molar-refractivity contribution in [2.24, 2.45) is 0 Å². The molecule has 1 aromatic rings. The minimum atomic E-state index is -1.36. The Morgan fingerprint density at radius 3 is 2.93 bits per heavy atom. The number of hydrogen-bond donors (Lipinski definition) is 2. The molecule has 0 saturated carbocycles. The van der Waals surface area contributed by atoms with Crippen LogP contribution in [0.1, 0.15) is 5.69 Å². The zero-order valence-electron chi connectivity index (χ0n) is 7.10. The van der Waals surface area contributed by atoms with Gasteiger partial charge in [0.1, 0.15) is 11.7 Å². The molecule has 1 atom stereocenters. The summed E-state index contributed by atoms with van der Waals surface area (Å²) in [4.78, 5) is 26.0. The highest BCUT2D eigenvalue weighted by molar-refractivity contribution is 5.69. The van der Waals surface area contributed by atoms with Gasteiger partial charge in [0.25, 0.3) is 0 Å². The summed E-state index contributed by atoms with van der Waals surface area (Å²) in [5.41, 5.74) is 3.34. The van der Waals surface area contributed by atoms with Gasteiger partial charge in [-0.3, -0.25) is 0 Å². The number of rotatable bonds is 4. The monoisotopic (exact) mass is 200 g/mol. The highest BCUT2D eigenvalue weighted by Gasteiger charge is 2.20. The minimum Gasteiger partial charge on any atom is -0.544 e. The van der Waals surface area contributed by atoms with E-state index in [1.165, 1.54) is 0 Å². The van der Waals surface area contributed by atoms with Gasteiger partial charge in [-0.1, -0.05) is 0 Å². The summed E-state index contributed by atoms with van der Waals surface area (Å²) in [5, 5.41) is 20.7. The predicted molar refractivity (Wildman–Crippen MR) is 40.6 cm³/mol. The summed E-state index contributed by atoms with van der Waals surface area (Å²) >= 11 is 0. The molecule has 0 spiro atoms. The number of nitrogens with one attached hydrogen (secondary N) is 1. The predicted octanol–water partition coefficient (Wildman–Crippen LogP) is -2.78. The molecule has 1 heterocycles. The third kappa shape index (κ3) is 2.04. The number of nitro groups is 1. The number of carboxylic acids is 1. The van der Waals surface area contributed by atoms with Crippen LogP contribution in [-0.2, 0) is 11.2 Å². The molecule has 0 amide bonds. The average molecular weight is 200 g/mol. The maximum absolute atomic E-state index is 10.4. The van der Waals surface area contributed by atoms with Gasteiger partial charge < -0.3 is 25.7 Å². The van der Waals surface area contributed by atoms with Crippen LogP contribution >= 0.6 is 0 Å². The molecule has 1 unspecified atom stereocenters. The van der Waals surface area contributed by atoms with Crippen LogP contribution < -0.4 is 10.8 Å². The van der Waals surface area contributed by atoms with E-state index >= 15 is 0 Å². The minimum absolute atomic E-state index is 0.0687. The van der Waals surface area contributed by atoms with E-state index in [9.17, 15) is 20.0 Å². The Kier molecular flexibility index (Phi) is 2.77. The summed E-state index contributed by atoms with van der Waals surface area (Å²) in [6, 6.07) is -1.04. The van der Waals surface area contributed by atoms with E-state index in [1.807, 2.05) is 0 Å². The van der Waals surface area contributed by atoms with E-state index in [0.29, 0.717) is 0 Å². The van der Waals surface area contributed by atoms with E-state index in [-0.39, 0.29) is 17.9 Å². The zero-order chi connectivity index (χ0) is 10.7. The van der Waals surface area contributed by atoms with Crippen molar-refractivity contribution in [3.05, 3.63) is 22.1 Å². The van der Waals surface area contributed by atoms with Crippen molar-refractivity contribution in [1.29, 1.82) is 0 Å². The van der Waals surface area contributed by atoms with Gasteiger partial charge in [0.05, 0.1) is 12.4 Å². The Hall–Kier alpha value is -1.96. The quantitative estimate of drug-likeness (QED) is 0.399. The van der Waals surface area contributed by atoms with Crippen LogP contribution in [0.5, 0.6) is 0 Å². The van der Waals surface area contributed by atoms with Crippen molar-refractivity contribution >= 4 is 11.8 Å². The highest BCUT2D eigenvalue weighted by atomic mass is 16.6. The molecule has 0 aromatic carbocycles. The lowest BCUT2D eigenvalue weighted by atomic mass is 10.2. The molecule has 1 rings (SSSR count). The smallest absolute Gasteiger partial charge is 0.343 e. The first-order valence-electron chi connectivity index (χ1n) is 3.73. The van der Waals surface area contributed by atoms with Crippen molar-refractivity contribution in [3.8, 4) is 0 Å². The van der Waals surface area contributed by atoms with Crippen molar-refractivity contribution in [1.82, 2.24) is 9.97 Å². The molecule has 0 aliphatic heterocycles. The van der Waals surface area contributed by atoms with E-state index in [0.717, 1.165) is 6.33 Å². The van der Waals surface area contributed by atoms with Crippen LogP contribution in [-0.4, -0.2) is 26.9 Å². The number of aromatic amines is 1. The SMILES string of the molecule is [NH3+]C(Cc1nc[nH]c1[N+](=O)[O-])C(=O)[O-]. The summed E-state index contributed by atoms with van der Waals surface area (Å²) in [6.07, 6.45) is 1.01. The molecule has 0 fully saturated rings. The normalized spacial score (nSPS) is 12.4. The molecule has 14 heavy (non-hydrogen) atoms. The number of H-pyrrole nitrogens is 1. The van der Waals surface area contributed by atoms with E-state index < -0.39 is 16.9 Å². The second-order valence-electron chi connectivity index (χ2n) is 2.68. The Labute approximate surface area is 77.9 Å². The average Bonchev–Trinajstić information content (AvgIpc) is 2.52. The van der Waals surface area contributed by atoms with E-state index in [1.54, 1.807) is 0 Å². The lowest BCUT2D eigenvalue weighted by Crippen LogP contribution is -2.69. The lowest BCUT2D eigenvalue weighted by molar-refractivity contribution is -0.437. The fourth-order valence-electron chi connectivity index (χ4n) is 0.940. The summed E-state index contributed by atoms with van der Waals surface area (Å²) in [6.45, 7) is 0. The Balaban J connectivity index is 2.81. The van der Waals surface area contributed by atoms with Gasteiger partial charge in [-0.15, -0.1) is 0 Å². The molecule has 0 aliphatic carbocycles. The fourth-order valence-corrected chi connectivity index (χ4v) is 0.940. The Morgan fingerprint density at radius 2 is 2.43 bits per heavy atom. The first-order valence-corrected chi connectivity index (χ1v) is 3.73. The number of nitrogens with zero attached hydrogens (tertiary/aromatic N) is 2. The van der Waals surface area contributed by atoms with Crippen LogP contribution in [0.25, 0.3) is 0 Å². The van der Waals surface area contributed by atoms with Crippen molar-refractivity contribution in [2.75, 3.05) is 0 Å². The van der Waals surface area contributed by atoms with Gasteiger partial charge in [-0.25, -0.2) is 9.97 Å². The first-order chi connectivity index (χ1) is 6.52. The molecule has 8 heteroatoms. The number of carbonyl (C=O) groups is 1. The third-order valence-electron chi connectivity index (χ3n) is 1.65. The largest absolute Gasteiger partial charge is 0.544 e. The Bertz CT molecular complexity index is 360. The summed E-state index contributed by atoms with van der Waals surface area (Å²) in [5.74, 6) is -1.66. The number of aromatic nitrogens is 2. The maximum atomic E-state index is 10.4. The molecule has 1 aromatic heterocycles. The summed E-state index contributed by atoms with van der Waals surface area (Å²) < 4.78 is 0. The number of quaternary nitrogens is 1. The van der Waals surface area contributed by atoms with Crippen LogP contribution in [0.15, 0.2) is 6.33 Å². The van der Waals surface area contributed by atoms with Crippen LogP contribution in [0.4, 0.5) is 5.82 Å². The number of hydrogen-bond acceptors (Lipinski definition) is 5. The van der Waals surface area contributed by atoms with Gasteiger partial charge in [-0.05, 0) is 4.92 Å². The standard InChI is InChI=1S/C6H8N4O4/c7-3(6(11)12)1-4-5(10(13)14)9-2-8-4/h2-3H,1,7H2,(H,8,9)(H,11,12). The molecular formula is C6H8N4O4. The topological polar surface area (TPSA) is 140 Å². The lowest BCUT2D eigenvalue weighted by Gasteiger charge is -2.06. The van der Waals surface area contributed by atoms with E-state index in [2.05, 4.69) is 15.7 Å². The van der Waals surface area contributed by atoms with Gasteiger partial charge in [-0.2, -0.15) is 0 Å². The van der Waals surface area contributed by atoms with Crippen LogP contribution in [0, 0.1) is 10.1 Å². The fraction of sp³-hybridized carbons (Fsp3) is 0.333. The molecule has 0 bridgehead atoms. The van der Waals surface area contributed by atoms with Gasteiger partial charge in [0.2, 0.25) is 0 Å². The second kappa shape index (κ2) is 3.83. The number of carboxylic acid groups (broad SMARTS) is 1. The molecule has 76 valence electrons. The molecule has 0 radical (unpaired) electrons. The van der Waals surface area contributed by atoms with Crippen molar-refractivity contribution < 1.29 is 20.6 Å². The van der Waals surface area contributed by atoms with Gasteiger partial charge in [0.15, 0.2) is 6.33 Å². The Morgan fingerprint density at radius 1 is 1.79 bits per heavy atom. The van der Waals surface area contributed by atoms with Gasteiger partial charge >= 0.3 is 5.82 Å². The molecule has 4 N–H and O–H groups in total. The number of aliphatic carboxylic acids is 1. The molecule has 0 saturated heterocycles. The number of carbonyl (C=O) groups excluding carboxylic acids is 1. The highest BCUT2D eigenvalue weighted by Crippen LogP contribution is 2.12. The molecular weight excluding hydrogens is 192 g/mol. The summed E-state index contributed by atoms with van der Waals surface area (Å²) in [7, 11) is 0. The second-order valence-corrected chi connectivity index (χ2v) is 2.68. The molecule has 8 nitrogen and oxygen atoms in total. The van der Waals surface area contributed by atoms with Crippen molar-refractivity contribution in [3.63, 3.8) is 0 Å².